The second kappa shape index (κ2) is 18.5. The summed E-state index contributed by atoms with van der Waals surface area (Å²) in [6, 6.07) is 0. The van der Waals surface area contributed by atoms with Gasteiger partial charge in [-0.25, -0.2) is 19.6 Å². The number of nitrogens with zero attached hydrogens (tertiary/aromatic N) is 7. The lowest BCUT2D eigenvalue weighted by Gasteiger charge is -2.26. The van der Waals surface area contributed by atoms with Crippen LogP contribution in [0.3, 0.4) is 0 Å². The van der Waals surface area contributed by atoms with Gasteiger partial charge in [-0.1, -0.05) is 24.4 Å². The molecule has 0 heterocycles. The van der Waals surface area contributed by atoms with Gasteiger partial charge in [-0.2, -0.15) is 10.2 Å². The molecule has 0 aromatic heterocycles. The minimum absolute atomic E-state index is 0.171. The third-order valence-electron chi connectivity index (χ3n) is 5.35. The Morgan fingerprint density at radius 1 is 0.738 bits per heavy atom. The summed E-state index contributed by atoms with van der Waals surface area (Å²) in [6.07, 6.45) is 0.905. The highest BCUT2D eigenvalue weighted by atomic mass is 16.6. The molecule has 42 heavy (non-hydrogen) atoms. The van der Waals surface area contributed by atoms with E-state index < -0.39 is 41.2 Å². The predicted octanol–water partition coefficient (Wildman–Crippen LogP) is 5.44. The predicted molar refractivity (Wildman–Crippen MR) is 157 cm³/mol. The smallest absolute Gasteiger partial charge is 0.430 e. The summed E-state index contributed by atoms with van der Waals surface area (Å²) in [6.45, 7) is 10.6. The van der Waals surface area contributed by atoms with Crippen LogP contribution >= 0.6 is 0 Å². The second-order valence-corrected chi connectivity index (χ2v) is 11.4. The van der Waals surface area contributed by atoms with Crippen LogP contribution in [-0.4, -0.2) is 91.6 Å². The molecule has 0 saturated heterocycles. The number of hydrogen-bond acceptors (Lipinski definition) is 11. The van der Waals surface area contributed by atoms with E-state index in [-0.39, 0.29) is 24.3 Å². The van der Waals surface area contributed by atoms with Crippen LogP contribution in [0, 0.1) is 5.92 Å². The van der Waals surface area contributed by atoms with Gasteiger partial charge in [-0.15, -0.1) is 0 Å². The van der Waals surface area contributed by atoms with Crippen LogP contribution in [0.2, 0.25) is 0 Å². The Kier molecular flexibility index (Phi) is 16.8. The van der Waals surface area contributed by atoms with Gasteiger partial charge in [0.25, 0.3) is 0 Å². The number of carbonyl (C=O) groups excluding carboxylic acids is 4. The molecule has 0 rings (SSSR count). The summed E-state index contributed by atoms with van der Waals surface area (Å²) in [4.78, 5) is 53.2. The third-order valence-corrected chi connectivity index (χ3v) is 5.35. The normalized spacial score (nSPS) is 12.9. The fraction of sp³-hybridized carbons (Fsp3) is 0.778. The minimum Gasteiger partial charge on any atom is -0.469 e. The second-order valence-electron chi connectivity index (χ2n) is 11.4. The molecular weight excluding hydrogens is 550 g/mol. The Bertz CT molecular complexity index is 958. The number of methoxy groups -OCH3 is 2. The lowest BCUT2D eigenvalue weighted by atomic mass is 9.88. The Morgan fingerprint density at radius 3 is 1.50 bits per heavy atom. The highest BCUT2D eigenvalue weighted by Gasteiger charge is 2.30. The Hall–Kier alpha value is -3.87. The first-order valence-electron chi connectivity index (χ1n) is 13.7. The first kappa shape index (κ1) is 38.1. The molecular formula is C27H47N7O8. The molecule has 0 aromatic rings. The number of azide groups is 1. The van der Waals surface area contributed by atoms with Gasteiger partial charge in [0.05, 0.1) is 38.5 Å². The van der Waals surface area contributed by atoms with Crippen molar-refractivity contribution in [2.75, 3.05) is 34.9 Å². The van der Waals surface area contributed by atoms with Crippen molar-refractivity contribution in [1.82, 2.24) is 10.0 Å². The summed E-state index contributed by atoms with van der Waals surface area (Å²) in [7, 11) is 5.19. The van der Waals surface area contributed by atoms with E-state index in [2.05, 4.69) is 20.2 Å². The number of ether oxygens (including phenoxy) is 4. The number of hydrogen-bond donors (Lipinski definition) is 0. The largest absolute Gasteiger partial charge is 0.469 e. The highest BCUT2D eigenvalue weighted by molar-refractivity contribution is 6.15. The molecule has 0 saturated carbocycles. The minimum atomic E-state index is -0.800. The lowest BCUT2D eigenvalue weighted by Crippen LogP contribution is -2.37. The summed E-state index contributed by atoms with van der Waals surface area (Å²) < 4.78 is 20.6. The molecule has 0 bridgehead atoms. The summed E-state index contributed by atoms with van der Waals surface area (Å²) in [5.41, 5.74) is 7.22. The van der Waals surface area contributed by atoms with Crippen molar-refractivity contribution in [1.29, 1.82) is 0 Å². The van der Waals surface area contributed by atoms with Gasteiger partial charge in [0.2, 0.25) is 0 Å². The van der Waals surface area contributed by atoms with Crippen molar-refractivity contribution < 1.29 is 38.1 Å². The molecule has 0 unspecified atom stereocenters. The zero-order chi connectivity index (χ0) is 32.5. The molecule has 0 aliphatic heterocycles. The number of amides is 2. The van der Waals surface area contributed by atoms with E-state index >= 15 is 0 Å². The molecule has 0 aromatic carbocycles. The molecule has 0 radical (unpaired) electrons. The number of hydrazone groups is 2. The van der Waals surface area contributed by atoms with E-state index in [1.807, 2.05) is 0 Å². The summed E-state index contributed by atoms with van der Waals surface area (Å²) >= 11 is 0. The number of esters is 2. The van der Waals surface area contributed by atoms with Crippen molar-refractivity contribution in [3.05, 3.63) is 10.4 Å². The topological polar surface area (TPSA) is 185 Å². The fourth-order valence-corrected chi connectivity index (χ4v) is 3.47. The third kappa shape index (κ3) is 17.1. The Morgan fingerprint density at radius 2 is 1.14 bits per heavy atom. The molecule has 2 amide bonds. The van der Waals surface area contributed by atoms with E-state index in [4.69, 9.17) is 24.5 Å². The fourth-order valence-electron chi connectivity index (χ4n) is 3.47. The lowest BCUT2D eigenvalue weighted by molar-refractivity contribution is -0.140. The molecule has 0 fully saturated rings. The molecule has 0 aliphatic carbocycles. The van der Waals surface area contributed by atoms with E-state index in [0.29, 0.717) is 25.8 Å². The van der Waals surface area contributed by atoms with E-state index in [0.717, 1.165) is 22.9 Å². The quantitative estimate of drug-likeness (QED) is 0.0349. The molecule has 0 spiro atoms. The summed E-state index contributed by atoms with van der Waals surface area (Å²) in [5.74, 6) is -2.05. The van der Waals surface area contributed by atoms with Crippen LogP contribution < -0.4 is 0 Å². The average molecular weight is 598 g/mol. The number of carbonyl (C=O) groups is 4. The highest BCUT2D eigenvalue weighted by Crippen LogP contribution is 2.22. The van der Waals surface area contributed by atoms with Gasteiger partial charge in [0.1, 0.15) is 11.2 Å². The van der Waals surface area contributed by atoms with Crippen molar-refractivity contribution in [3.63, 3.8) is 0 Å². The van der Waals surface area contributed by atoms with Crippen molar-refractivity contribution >= 4 is 35.5 Å². The number of unbranched alkanes of at least 4 members (excludes halogenated alkanes) is 3. The Balaban J connectivity index is 6.73. The van der Waals surface area contributed by atoms with Crippen LogP contribution in [0.5, 0.6) is 0 Å². The van der Waals surface area contributed by atoms with E-state index in [1.165, 1.54) is 28.3 Å². The van der Waals surface area contributed by atoms with Crippen LogP contribution in [-0.2, 0) is 28.5 Å². The van der Waals surface area contributed by atoms with Crippen LogP contribution in [0.25, 0.3) is 10.4 Å². The monoisotopic (exact) mass is 597 g/mol. The summed E-state index contributed by atoms with van der Waals surface area (Å²) in [5, 5.41) is 14.3. The number of rotatable bonds is 15. The first-order valence-corrected chi connectivity index (χ1v) is 13.7. The zero-order valence-corrected chi connectivity index (χ0v) is 26.6. The molecule has 238 valence electrons. The SMILES string of the molecule is COC(=O)CC(=NN(C)C(=O)OC(C)(C)C)C(CCCCCCN=[N+]=[N-])C(CC(=O)OC)=NN(C)C(=O)OC(C)(C)C. The van der Waals surface area contributed by atoms with Crippen LogP contribution in [0.15, 0.2) is 15.3 Å². The van der Waals surface area contributed by atoms with Crippen LogP contribution in [0.1, 0.15) is 86.5 Å². The average Bonchev–Trinajstić information content (AvgIpc) is 2.87. The Labute approximate surface area is 248 Å². The van der Waals surface area contributed by atoms with Crippen LogP contribution in [0.4, 0.5) is 9.59 Å². The van der Waals surface area contributed by atoms with Crippen molar-refractivity contribution in [2.45, 2.75) is 97.7 Å². The van der Waals surface area contributed by atoms with Gasteiger partial charge in [-0.05, 0) is 59.9 Å². The maximum Gasteiger partial charge on any atom is 0.430 e. The van der Waals surface area contributed by atoms with E-state index in [9.17, 15) is 19.2 Å². The zero-order valence-electron chi connectivity index (χ0n) is 26.6. The van der Waals surface area contributed by atoms with Gasteiger partial charge >= 0.3 is 24.1 Å². The van der Waals surface area contributed by atoms with Gasteiger partial charge in [-0.3, -0.25) is 9.59 Å². The van der Waals surface area contributed by atoms with Gasteiger partial charge < -0.3 is 18.9 Å². The molecule has 0 atom stereocenters. The van der Waals surface area contributed by atoms with Gasteiger partial charge in [0.15, 0.2) is 0 Å². The molecule has 15 nitrogen and oxygen atoms in total. The van der Waals surface area contributed by atoms with Crippen molar-refractivity contribution in [3.8, 4) is 0 Å². The molecule has 0 aliphatic rings. The standard InChI is InChI=1S/C27H47N7O8/c1-26(2,3)41-24(37)33(7)30-20(17-22(35)39-9)19(15-13-11-12-14-16-29-32-28)21(18-23(36)40-10)31-34(8)25(38)42-27(4,5)6/h19H,11-18H2,1-10H3. The maximum atomic E-state index is 12.7. The van der Waals surface area contributed by atoms with E-state index in [1.54, 1.807) is 41.5 Å². The molecule has 15 heteroatoms. The van der Waals surface area contributed by atoms with Crippen molar-refractivity contribution in [2.24, 2.45) is 21.2 Å². The maximum absolute atomic E-state index is 12.7. The van der Waals surface area contributed by atoms with Gasteiger partial charge in [0, 0.05) is 31.5 Å². The molecule has 0 N–H and O–H groups in total. The first-order chi connectivity index (χ1) is 19.4.